The summed E-state index contributed by atoms with van der Waals surface area (Å²) in [6, 6.07) is 7.92. The molecule has 1 N–H and O–H groups in total. The van der Waals surface area contributed by atoms with Crippen LogP contribution < -0.4 is 10.1 Å². The number of piperazine rings is 1. The normalized spacial score (nSPS) is 15.6. The van der Waals surface area contributed by atoms with E-state index in [2.05, 4.69) is 16.3 Å². The molecule has 1 saturated heterocycles. The average Bonchev–Trinajstić information content (AvgIpc) is 2.40. The number of ether oxygens (including phenoxy) is 1. The molecule has 2 rings (SSSR count). The lowest BCUT2D eigenvalue weighted by atomic mass is 10.1. The number of nitriles is 1. The molecular weight excluding hydrogens is 250 g/mol. The molecule has 0 atom stereocenters. The first-order chi connectivity index (χ1) is 8.33. The summed E-state index contributed by atoms with van der Waals surface area (Å²) in [5.41, 5.74) is 1.79. The van der Waals surface area contributed by atoms with Gasteiger partial charge >= 0.3 is 0 Å². The van der Waals surface area contributed by atoms with Crippen LogP contribution in [-0.2, 0) is 6.54 Å². The van der Waals surface area contributed by atoms with Crippen molar-refractivity contribution in [2.75, 3.05) is 33.3 Å². The van der Waals surface area contributed by atoms with Crippen LogP contribution in [0.2, 0.25) is 0 Å². The summed E-state index contributed by atoms with van der Waals surface area (Å²) in [4.78, 5) is 2.40. The minimum Gasteiger partial charge on any atom is -0.495 e. The largest absolute Gasteiger partial charge is 0.495 e. The minimum absolute atomic E-state index is 0. The van der Waals surface area contributed by atoms with Crippen LogP contribution in [-0.4, -0.2) is 38.2 Å². The van der Waals surface area contributed by atoms with Gasteiger partial charge in [-0.1, -0.05) is 6.07 Å². The molecule has 1 aromatic carbocycles. The summed E-state index contributed by atoms with van der Waals surface area (Å²) >= 11 is 0. The summed E-state index contributed by atoms with van der Waals surface area (Å²) < 4.78 is 5.21. The van der Waals surface area contributed by atoms with Gasteiger partial charge in [-0.15, -0.1) is 12.4 Å². The number of nitrogens with zero attached hydrogens (tertiary/aromatic N) is 2. The third kappa shape index (κ3) is 3.61. The lowest BCUT2D eigenvalue weighted by molar-refractivity contribution is 0.233. The summed E-state index contributed by atoms with van der Waals surface area (Å²) in [7, 11) is 1.60. The maximum Gasteiger partial charge on any atom is 0.136 e. The molecule has 0 spiro atoms. The van der Waals surface area contributed by atoms with E-state index >= 15 is 0 Å². The lowest BCUT2D eigenvalue weighted by Gasteiger charge is -2.27. The van der Waals surface area contributed by atoms with Gasteiger partial charge in [-0.3, -0.25) is 4.90 Å². The van der Waals surface area contributed by atoms with Gasteiger partial charge in [0.05, 0.1) is 12.7 Å². The quantitative estimate of drug-likeness (QED) is 0.899. The molecule has 1 fully saturated rings. The highest BCUT2D eigenvalue weighted by Gasteiger charge is 2.11. The van der Waals surface area contributed by atoms with Gasteiger partial charge in [0, 0.05) is 32.7 Å². The minimum atomic E-state index is 0. The zero-order valence-corrected chi connectivity index (χ0v) is 11.3. The SMILES string of the molecule is COc1cc(CN2CCNCC2)ccc1C#N.Cl. The van der Waals surface area contributed by atoms with E-state index in [-0.39, 0.29) is 12.4 Å². The number of hydrogen-bond acceptors (Lipinski definition) is 4. The van der Waals surface area contributed by atoms with Gasteiger partial charge in [-0.25, -0.2) is 0 Å². The molecule has 4 nitrogen and oxygen atoms in total. The molecule has 1 aliphatic heterocycles. The van der Waals surface area contributed by atoms with E-state index in [4.69, 9.17) is 10.00 Å². The van der Waals surface area contributed by atoms with Crippen molar-refractivity contribution in [1.29, 1.82) is 5.26 Å². The Morgan fingerprint density at radius 1 is 1.39 bits per heavy atom. The number of halogens is 1. The van der Waals surface area contributed by atoms with Gasteiger partial charge in [-0.2, -0.15) is 5.26 Å². The zero-order chi connectivity index (χ0) is 12.1. The number of methoxy groups -OCH3 is 1. The van der Waals surface area contributed by atoms with Crippen molar-refractivity contribution in [2.45, 2.75) is 6.54 Å². The standard InChI is InChI=1S/C13H17N3O.ClH/c1-17-13-8-11(2-3-12(13)9-14)10-16-6-4-15-5-7-16;/h2-3,8,15H,4-7,10H2,1H3;1H. The molecule has 1 aliphatic rings. The molecule has 5 heteroatoms. The third-order valence-corrected chi connectivity index (χ3v) is 3.00. The second-order valence-electron chi connectivity index (χ2n) is 4.17. The van der Waals surface area contributed by atoms with Crippen LogP contribution in [0, 0.1) is 11.3 Å². The Kier molecular flexibility index (Phi) is 5.93. The number of hydrogen-bond donors (Lipinski definition) is 1. The Morgan fingerprint density at radius 2 is 2.11 bits per heavy atom. The number of nitrogens with one attached hydrogen (secondary N) is 1. The molecule has 0 bridgehead atoms. The predicted octanol–water partition coefficient (Wildman–Crippen LogP) is 1.39. The summed E-state index contributed by atoms with van der Waals surface area (Å²) in [6.07, 6.45) is 0. The fourth-order valence-corrected chi connectivity index (χ4v) is 2.05. The third-order valence-electron chi connectivity index (χ3n) is 3.00. The molecule has 1 aromatic rings. The molecule has 98 valence electrons. The van der Waals surface area contributed by atoms with Crippen LogP contribution in [0.25, 0.3) is 0 Å². The predicted molar refractivity (Wildman–Crippen MR) is 73.1 cm³/mol. The summed E-state index contributed by atoms with van der Waals surface area (Å²) in [6.45, 7) is 5.16. The Hall–Kier alpha value is -1.28. The second kappa shape index (κ2) is 7.22. The maximum absolute atomic E-state index is 8.91. The fourth-order valence-electron chi connectivity index (χ4n) is 2.05. The van der Waals surface area contributed by atoms with E-state index in [9.17, 15) is 0 Å². The van der Waals surface area contributed by atoms with E-state index < -0.39 is 0 Å². The summed E-state index contributed by atoms with van der Waals surface area (Å²) in [5.74, 6) is 0.667. The molecule has 0 unspecified atom stereocenters. The topological polar surface area (TPSA) is 48.3 Å². The van der Waals surface area contributed by atoms with Crippen LogP contribution >= 0.6 is 12.4 Å². The highest BCUT2D eigenvalue weighted by atomic mass is 35.5. The first-order valence-corrected chi connectivity index (χ1v) is 5.83. The van der Waals surface area contributed by atoms with Crippen LogP contribution in [0.1, 0.15) is 11.1 Å². The molecule has 0 amide bonds. The van der Waals surface area contributed by atoms with Crippen molar-refractivity contribution in [3.63, 3.8) is 0 Å². The molecule has 1 heterocycles. The van der Waals surface area contributed by atoms with Crippen LogP contribution in [0.5, 0.6) is 5.75 Å². The van der Waals surface area contributed by atoms with Gasteiger partial charge in [0.25, 0.3) is 0 Å². The molecule has 0 aliphatic carbocycles. The van der Waals surface area contributed by atoms with Crippen molar-refractivity contribution in [2.24, 2.45) is 0 Å². The molecule has 0 radical (unpaired) electrons. The van der Waals surface area contributed by atoms with Crippen LogP contribution in [0.3, 0.4) is 0 Å². The molecule has 0 aromatic heterocycles. The first-order valence-electron chi connectivity index (χ1n) is 5.83. The Morgan fingerprint density at radius 3 is 2.72 bits per heavy atom. The van der Waals surface area contributed by atoms with Crippen molar-refractivity contribution >= 4 is 12.4 Å². The van der Waals surface area contributed by atoms with Crippen molar-refractivity contribution < 1.29 is 4.74 Å². The van der Waals surface area contributed by atoms with E-state index in [0.717, 1.165) is 32.7 Å². The Balaban J connectivity index is 0.00000162. The smallest absolute Gasteiger partial charge is 0.136 e. The maximum atomic E-state index is 8.91. The monoisotopic (exact) mass is 267 g/mol. The Labute approximate surface area is 114 Å². The van der Waals surface area contributed by atoms with E-state index in [1.54, 1.807) is 7.11 Å². The summed E-state index contributed by atoms with van der Waals surface area (Å²) in [5, 5.41) is 12.2. The van der Waals surface area contributed by atoms with Crippen molar-refractivity contribution in [3.05, 3.63) is 29.3 Å². The van der Waals surface area contributed by atoms with Gasteiger partial charge in [0.2, 0.25) is 0 Å². The van der Waals surface area contributed by atoms with E-state index in [1.165, 1.54) is 5.56 Å². The Bertz CT molecular complexity index is 425. The number of rotatable bonds is 3. The highest BCUT2D eigenvalue weighted by Crippen LogP contribution is 2.20. The van der Waals surface area contributed by atoms with Crippen molar-refractivity contribution in [1.82, 2.24) is 10.2 Å². The van der Waals surface area contributed by atoms with Crippen molar-refractivity contribution in [3.8, 4) is 11.8 Å². The van der Waals surface area contributed by atoms with Gasteiger partial charge in [0.1, 0.15) is 11.8 Å². The van der Waals surface area contributed by atoms with E-state index in [0.29, 0.717) is 11.3 Å². The van der Waals surface area contributed by atoms with Gasteiger partial charge in [-0.05, 0) is 17.7 Å². The van der Waals surface area contributed by atoms with Crippen LogP contribution in [0.15, 0.2) is 18.2 Å². The first kappa shape index (κ1) is 14.8. The fraction of sp³-hybridized carbons (Fsp3) is 0.462. The molecular formula is C13H18ClN3O. The molecule has 0 saturated carbocycles. The molecule has 18 heavy (non-hydrogen) atoms. The average molecular weight is 268 g/mol. The lowest BCUT2D eigenvalue weighted by Crippen LogP contribution is -2.42. The van der Waals surface area contributed by atoms with Gasteiger partial charge < -0.3 is 10.1 Å². The number of benzene rings is 1. The van der Waals surface area contributed by atoms with Gasteiger partial charge in [0.15, 0.2) is 0 Å². The highest BCUT2D eigenvalue weighted by molar-refractivity contribution is 5.85. The zero-order valence-electron chi connectivity index (χ0n) is 10.5. The second-order valence-corrected chi connectivity index (χ2v) is 4.17. The van der Waals surface area contributed by atoms with Crippen LogP contribution in [0.4, 0.5) is 0 Å². The van der Waals surface area contributed by atoms with E-state index in [1.807, 2.05) is 18.2 Å².